The van der Waals surface area contributed by atoms with Crippen LogP contribution in [-0.2, 0) is 11.2 Å². The summed E-state index contributed by atoms with van der Waals surface area (Å²) in [6.45, 7) is 0. The molecule has 0 fully saturated rings. The third kappa shape index (κ3) is 4.39. The summed E-state index contributed by atoms with van der Waals surface area (Å²) in [5.41, 5.74) is 1.01. The largest absolute Gasteiger partial charge is 0.478 e. The summed E-state index contributed by atoms with van der Waals surface area (Å²) >= 11 is 3.37. The van der Waals surface area contributed by atoms with E-state index >= 15 is 0 Å². The molecule has 108 valence electrons. The molecule has 1 aromatic heterocycles. The number of carboxylic acid groups (broad SMARTS) is 1. The molecule has 5 nitrogen and oxygen atoms in total. The van der Waals surface area contributed by atoms with Gasteiger partial charge in [-0.3, -0.25) is 4.79 Å². The van der Waals surface area contributed by atoms with Crippen LogP contribution in [0.3, 0.4) is 0 Å². The standard InChI is InChI=1S/C15H13BrN2O3/c16-11-4-1-3-10(9-11)6-7-13(19)18-14-12(15(20)21)5-2-8-17-14/h1-5,8-9H,6-7H2,(H,20,21)(H,17,18,19). The molecule has 2 rings (SSSR count). The van der Waals surface area contributed by atoms with Crippen LogP contribution >= 0.6 is 15.9 Å². The van der Waals surface area contributed by atoms with Crippen LogP contribution in [0.4, 0.5) is 5.82 Å². The smallest absolute Gasteiger partial charge is 0.339 e. The average molecular weight is 349 g/mol. The van der Waals surface area contributed by atoms with E-state index in [1.54, 1.807) is 0 Å². The van der Waals surface area contributed by atoms with Gasteiger partial charge in [-0.05, 0) is 36.2 Å². The molecular weight excluding hydrogens is 336 g/mol. The summed E-state index contributed by atoms with van der Waals surface area (Å²) < 4.78 is 0.957. The predicted octanol–water partition coefficient (Wildman–Crippen LogP) is 3.11. The number of amides is 1. The Morgan fingerprint density at radius 2 is 2.05 bits per heavy atom. The number of carbonyl (C=O) groups is 2. The molecule has 6 heteroatoms. The van der Waals surface area contributed by atoms with Gasteiger partial charge in [0.15, 0.2) is 0 Å². The number of nitrogens with zero attached hydrogens (tertiary/aromatic N) is 1. The second-order valence-corrected chi connectivity index (χ2v) is 5.30. The van der Waals surface area contributed by atoms with Gasteiger partial charge < -0.3 is 10.4 Å². The highest BCUT2D eigenvalue weighted by Crippen LogP contribution is 2.14. The number of aromatic nitrogens is 1. The van der Waals surface area contributed by atoms with E-state index in [-0.39, 0.29) is 23.7 Å². The fraction of sp³-hybridized carbons (Fsp3) is 0.133. The third-order valence-electron chi connectivity index (χ3n) is 2.83. The molecular formula is C15H13BrN2O3. The Labute approximate surface area is 130 Å². The van der Waals surface area contributed by atoms with Gasteiger partial charge in [-0.15, -0.1) is 0 Å². The molecule has 0 saturated carbocycles. The van der Waals surface area contributed by atoms with Gasteiger partial charge in [-0.25, -0.2) is 9.78 Å². The van der Waals surface area contributed by atoms with Crippen LogP contribution in [0.25, 0.3) is 0 Å². The molecule has 0 aliphatic carbocycles. The number of anilines is 1. The van der Waals surface area contributed by atoms with E-state index in [9.17, 15) is 9.59 Å². The summed E-state index contributed by atoms with van der Waals surface area (Å²) in [5.74, 6) is -1.31. The number of carbonyl (C=O) groups excluding carboxylic acids is 1. The number of nitrogens with one attached hydrogen (secondary N) is 1. The molecule has 1 heterocycles. The number of rotatable bonds is 5. The van der Waals surface area contributed by atoms with Gasteiger partial charge in [-0.1, -0.05) is 28.1 Å². The highest BCUT2D eigenvalue weighted by Gasteiger charge is 2.13. The van der Waals surface area contributed by atoms with Crippen LogP contribution in [0.2, 0.25) is 0 Å². The Bertz CT molecular complexity index is 673. The van der Waals surface area contributed by atoms with E-state index in [0.29, 0.717) is 6.42 Å². The minimum Gasteiger partial charge on any atom is -0.478 e. The second kappa shape index (κ2) is 6.99. The molecule has 0 spiro atoms. The van der Waals surface area contributed by atoms with Gasteiger partial charge >= 0.3 is 5.97 Å². The summed E-state index contributed by atoms with van der Waals surface area (Å²) in [6, 6.07) is 10.6. The second-order valence-electron chi connectivity index (χ2n) is 4.38. The molecule has 0 bridgehead atoms. The van der Waals surface area contributed by atoms with Crippen molar-refractivity contribution in [1.82, 2.24) is 4.98 Å². The van der Waals surface area contributed by atoms with Crippen molar-refractivity contribution >= 4 is 33.6 Å². The number of pyridine rings is 1. The minimum atomic E-state index is -1.12. The van der Waals surface area contributed by atoms with E-state index in [1.165, 1.54) is 18.3 Å². The van der Waals surface area contributed by atoms with Crippen LogP contribution in [0.15, 0.2) is 47.1 Å². The fourth-order valence-corrected chi connectivity index (χ4v) is 2.27. The number of halogens is 1. The summed E-state index contributed by atoms with van der Waals surface area (Å²) in [7, 11) is 0. The maximum absolute atomic E-state index is 11.9. The topological polar surface area (TPSA) is 79.3 Å². The molecule has 21 heavy (non-hydrogen) atoms. The van der Waals surface area contributed by atoms with Crippen molar-refractivity contribution in [2.45, 2.75) is 12.8 Å². The fourth-order valence-electron chi connectivity index (χ4n) is 1.82. The molecule has 2 aromatic rings. The van der Waals surface area contributed by atoms with E-state index in [2.05, 4.69) is 26.2 Å². The van der Waals surface area contributed by atoms with E-state index in [1.807, 2.05) is 24.3 Å². The van der Waals surface area contributed by atoms with Gasteiger partial charge in [0, 0.05) is 17.1 Å². The van der Waals surface area contributed by atoms with Crippen molar-refractivity contribution in [3.8, 4) is 0 Å². The Kier molecular flexibility index (Phi) is 5.05. The molecule has 0 aliphatic rings. The van der Waals surface area contributed by atoms with Crippen molar-refractivity contribution in [1.29, 1.82) is 0 Å². The van der Waals surface area contributed by atoms with Crippen LogP contribution in [0.5, 0.6) is 0 Å². The lowest BCUT2D eigenvalue weighted by molar-refractivity contribution is -0.116. The van der Waals surface area contributed by atoms with Crippen LogP contribution < -0.4 is 5.32 Å². The summed E-state index contributed by atoms with van der Waals surface area (Å²) in [5, 5.41) is 11.6. The molecule has 0 unspecified atom stereocenters. The zero-order chi connectivity index (χ0) is 15.2. The van der Waals surface area contributed by atoms with Crippen LogP contribution in [0, 0.1) is 0 Å². The first-order valence-electron chi connectivity index (χ1n) is 6.29. The molecule has 1 aromatic carbocycles. The normalized spacial score (nSPS) is 10.1. The predicted molar refractivity (Wildman–Crippen MR) is 82.3 cm³/mol. The maximum Gasteiger partial charge on any atom is 0.339 e. The molecule has 1 amide bonds. The molecule has 2 N–H and O–H groups in total. The molecule has 0 aliphatic heterocycles. The van der Waals surface area contributed by atoms with Crippen molar-refractivity contribution in [2.24, 2.45) is 0 Å². The van der Waals surface area contributed by atoms with Gasteiger partial charge in [-0.2, -0.15) is 0 Å². The molecule has 0 atom stereocenters. The number of aryl methyl sites for hydroxylation is 1. The van der Waals surface area contributed by atoms with Gasteiger partial charge in [0.1, 0.15) is 11.4 Å². The minimum absolute atomic E-state index is 0.0201. The first kappa shape index (κ1) is 15.2. The maximum atomic E-state index is 11.9. The zero-order valence-electron chi connectivity index (χ0n) is 11.0. The first-order valence-corrected chi connectivity index (χ1v) is 7.08. The summed E-state index contributed by atoms with van der Waals surface area (Å²) in [6.07, 6.45) is 2.27. The SMILES string of the molecule is O=C(CCc1cccc(Br)c1)Nc1ncccc1C(=O)O. The van der Waals surface area contributed by atoms with Gasteiger partial charge in [0.05, 0.1) is 0 Å². The van der Waals surface area contributed by atoms with Crippen molar-refractivity contribution < 1.29 is 14.7 Å². The highest BCUT2D eigenvalue weighted by atomic mass is 79.9. The monoisotopic (exact) mass is 348 g/mol. The summed E-state index contributed by atoms with van der Waals surface area (Å²) in [4.78, 5) is 26.8. The Morgan fingerprint density at radius 3 is 2.76 bits per heavy atom. The quantitative estimate of drug-likeness (QED) is 0.869. The molecule has 0 saturated heterocycles. The highest BCUT2D eigenvalue weighted by molar-refractivity contribution is 9.10. The van der Waals surface area contributed by atoms with Crippen LogP contribution in [0.1, 0.15) is 22.3 Å². The van der Waals surface area contributed by atoms with Crippen molar-refractivity contribution in [3.05, 3.63) is 58.2 Å². The zero-order valence-corrected chi connectivity index (χ0v) is 12.6. The number of hydrogen-bond acceptors (Lipinski definition) is 3. The van der Waals surface area contributed by atoms with E-state index in [4.69, 9.17) is 5.11 Å². The Hall–Kier alpha value is -2.21. The Balaban J connectivity index is 1.98. The van der Waals surface area contributed by atoms with Crippen LogP contribution in [-0.4, -0.2) is 22.0 Å². The number of aromatic carboxylic acids is 1. The van der Waals surface area contributed by atoms with Gasteiger partial charge in [0.25, 0.3) is 0 Å². The van der Waals surface area contributed by atoms with Crippen molar-refractivity contribution in [2.75, 3.05) is 5.32 Å². The third-order valence-corrected chi connectivity index (χ3v) is 3.32. The lowest BCUT2D eigenvalue weighted by Gasteiger charge is -2.07. The lowest BCUT2D eigenvalue weighted by Crippen LogP contribution is -2.16. The number of hydrogen-bond donors (Lipinski definition) is 2. The van der Waals surface area contributed by atoms with Crippen molar-refractivity contribution in [3.63, 3.8) is 0 Å². The average Bonchev–Trinajstić information content (AvgIpc) is 2.45. The van der Waals surface area contributed by atoms with E-state index < -0.39 is 5.97 Å². The number of carboxylic acids is 1. The number of benzene rings is 1. The van der Waals surface area contributed by atoms with E-state index in [0.717, 1.165) is 10.0 Å². The Morgan fingerprint density at radius 1 is 1.24 bits per heavy atom. The first-order chi connectivity index (χ1) is 10.1. The lowest BCUT2D eigenvalue weighted by atomic mass is 10.1. The molecule has 0 radical (unpaired) electrons. The van der Waals surface area contributed by atoms with Gasteiger partial charge in [0.2, 0.25) is 5.91 Å².